The highest BCUT2D eigenvalue weighted by atomic mass is 15.2. The van der Waals surface area contributed by atoms with Gasteiger partial charge in [-0.1, -0.05) is 344 Å². The second-order valence-corrected chi connectivity index (χ2v) is 35.0. The van der Waals surface area contributed by atoms with E-state index in [1.807, 2.05) is 24.3 Å². The van der Waals surface area contributed by atoms with Gasteiger partial charge in [0.1, 0.15) is 0 Å². The molecule has 536 valence electrons. The number of aromatic nitrogens is 1. The zero-order valence-electron chi connectivity index (χ0n) is 73.0. The van der Waals surface area contributed by atoms with Crippen molar-refractivity contribution in [1.82, 2.24) is 4.57 Å². The zero-order valence-corrected chi connectivity index (χ0v) is 65.0. The third-order valence-corrected chi connectivity index (χ3v) is 24.2. The predicted molar refractivity (Wildman–Crippen MR) is 473 cm³/mol. The van der Waals surface area contributed by atoms with E-state index in [1.165, 1.54) is 27.5 Å². The van der Waals surface area contributed by atoms with Crippen LogP contribution in [-0.4, -0.2) is 11.3 Å². The standard InChI is InChI=1S/C107H90BN3/c1-103(2,3)73-51-57-93(85(61-73)68-34-19-14-20-35-68)110-97-66-77(109-95-62-74(104(4,5)6)49-53-82(95)83-54-50-75(63-96(83)109)105(7,8)9)52-55-91(97)108-92-60-71(78-43-31-44-84-81-42-27-30-47-90(81)107(100(78)84)88-45-28-25-40-79(88)80-41-26-29-46-89(80)107)48-56-94(92)111(99-65-76(106(10,11)12)64-98(110)101(99)108)102-86(69-36-21-15-22-37-69)58-72(67-32-17-13-18-33-67)59-87(102)70-38-23-16-24-39-70/h13-66H,1-12H3/i25D,26D,28D,29D,40D,41D,45D,46D. The Labute approximate surface area is 666 Å². The molecule has 0 N–H and O–H groups in total. The second-order valence-electron chi connectivity index (χ2n) is 35.0. The Morgan fingerprint density at radius 1 is 0.288 bits per heavy atom. The molecule has 15 aromatic carbocycles. The fraction of sp³-hybridized carbons (Fsp3) is 0.159. The van der Waals surface area contributed by atoms with Crippen molar-refractivity contribution >= 4 is 79.0 Å². The molecule has 4 heteroatoms. The molecule has 0 fully saturated rings. The lowest BCUT2D eigenvalue weighted by molar-refractivity contribution is 0.590. The molecular weight excluding hydrogens is 1340 g/mol. The molecule has 0 unspecified atom stereocenters. The van der Waals surface area contributed by atoms with Gasteiger partial charge in [-0.15, -0.1) is 0 Å². The molecule has 20 rings (SSSR count). The van der Waals surface area contributed by atoms with Crippen LogP contribution in [0.2, 0.25) is 0 Å². The van der Waals surface area contributed by atoms with Gasteiger partial charge in [0.25, 0.3) is 6.71 Å². The summed E-state index contributed by atoms with van der Waals surface area (Å²) in [5, 5.41) is 2.35. The molecule has 16 aromatic rings. The van der Waals surface area contributed by atoms with Crippen LogP contribution >= 0.6 is 0 Å². The number of benzene rings is 15. The van der Waals surface area contributed by atoms with Gasteiger partial charge in [-0.2, -0.15) is 0 Å². The van der Waals surface area contributed by atoms with E-state index in [2.05, 4.69) is 352 Å². The normalized spacial score (nSPS) is 14.8. The molecular formula is C107H90BN3. The molecule has 0 bridgehead atoms. The number of hydrogen-bond donors (Lipinski definition) is 0. The van der Waals surface area contributed by atoms with E-state index in [1.54, 1.807) is 0 Å². The van der Waals surface area contributed by atoms with Gasteiger partial charge >= 0.3 is 0 Å². The minimum atomic E-state index is -1.68. The van der Waals surface area contributed by atoms with Crippen molar-refractivity contribution in [3.63, 3.8) is 0 Å². The molecule has 0 atom stereocenters. The van der Waals surface area contributed by atoms with Gasteiger partial charge in [-0.3, -0.25) is 0 Å². The lowest BCUT2D eigenvalue weighted by Crippen LogP contribution is -2.61. The fourth-order valence-electron chi connectivity index (χ4n) is 18.7. The molecule has 3 nitrogen and oxygen atoms in total. The first-order valence-corrected chi connectivity index (χ1v) is 39.1. The van der Waals surface area contributed by atoms with Crippen LogP contribution in [0.3, 0.4) is 0 Å². The highest BCUT2D eigenvalue weighted by molar-refractivity contribution is 7.00. The summed E-state index contributed by atoms with van der Waals surface area (Å²) in [4.78, 5) is 5.20. The summed E-state index contributed by atoms with van der Waals surface area (Å²) in [7, 11) is 0. The smallest absolute Gasteiger partial charge is 0.252 e. The average molecular weight is 1440 g/mol. The Kier molecular flexibility index (Phi) is 13.4. The zero-order chi connectivity index (χ0) is 82.7. The topological polar surface area (TPSA) is 11.4 Å². The highest BCUT2D eigenvalue weighted by Gasteiger charge is 2.53. The van der Waals surface area contributed by atoms with Gasteiger partial charge in [-0.25, -0.2) is 0 Å². The number of nitrogens with zero attached hydrogens (tertiary/aromatic N) is 3. The molecule has 0 saturated heterocycles. The third kappa shape index (κ3) is 10.5. The minimum Gasteiger partial charge on any atom is -0.311 e. The maximum atomic E-state index is 10.3. The highest BCUT2D eigenvalue weighted by Crippen LogP contribution is 2.65. The Morgan fingerprint density at radius 2 is 0.766 bits per heavy atom. The molecule has 1 aromatic heterocycles. The van der Waals surface area contributed by atoms with Crippen LogP contribution in [0, 0.1) is 0 Å². The van der Waals surface area contributed by atoms with E-state index in [9.17, 15) is 11.0 Å². The summed E-state index contributed by atoms with van der Waals surface area (Å²) in [6.45, 7) is 27.2. The Hall–Kier alpha value is -12.2. The van der Waals surface area contributed by atoms with Crippen molar-refractivity contribution in [2.75, 3.05) is 9.80 Å². The summed E-state index contributed by atoms with van der Waals surface area (Å²) in [6.07, 6.45) is 0. The van der Waals surface area contributed by atoms with Crippen molar-refractivity contribution in [1.29, 1.82) is 0 Å². The third-order valence-electron chi connectivity index (χ3n) is 24.2. The molecule has 1 spiro atoms. The summed E-state index contributed by atoms with van der Waals surface area (Å²) in [6, 6.07) is 99.4. The SMILES string of the molecule is [2H]c1c([2H])c([2H])c2c(c1[2H])-c1c([2H])c([2H])c([2H])c([2H])c1C21c2ccccc2-c2cccc(-c3ccc4c(c3)B3c5ccc(-n6c7cc(C(C)(C)C)ccc7c7ccc(C(C)(C)C)cc76)cc5N(c5ccc(C(C)(C)C)cc5-c5ccccc5)c5cc(C(C)(C)C)cc(c53)N4c3c(-c4ccccc4)cc(-c4ccccc4)cc3-c3ccccc3)c21. The van der Waals surface area contributed by atoms with Gasteiger partial charge < -0.3 is 14.4 Å². The first-order chi connectivity index (χ1) is 56.9. The van der Waals surface area contributed by atoms with Crippen LogP contribution in [0.25, 0.3) is 105 Å². The fourth-order valence-corrected chi connectivity index (χ4v) is 18.7. The van der Waals surface area contributed by atoms with E-state index in [-0.39, 0.29) is 62.7 Å². The van der Waals surface area contributed by atoms with Crippen LogP contribution in [0.5, 0.6) is 0 Å². The number of hydrogen-bond acceptors (Lipinski definition) is 2. The van der Waals surface area contributed by atoms with Gasteiger partial charge in [-0.05, 0) is 210 Å². The van der Waals surface area contributed by atoms with Gasteiger partial charge in [0.15, 0.2) is 0 Å². The molecule has 3 heterocycles. The number of fused-ring (bicyclic) bond motifs is 17. The van der Waals surface area contributed by atoms with Crippen molar-refractivity contribution in [3.8, 4) is 83.6 Å². The molecule has 2 aliphatic heterocycles. The molecule has 0 amide bonds. The molecule has 0 saturated carbocycles. The first-order valence-electron chi connectivity index (χ1n) is 43.1. The monoisotopic (exact) mass is 1440 g/mol. The van der Waals surface area contributed by atoms with Crippen LogP contribution in [0.15, 0.2) is 327 Å². The quantitative estimate of drug-likeness (QED) is 0.141. The molecule has 4 aliphatic rings. The van der Waals surface area contributed by atoms with E-state index in [0.717, 1.165) is 140 Å². The van der Waals surface area contributed by atoms with Crippen LogP contribution in [0.1, 0.15) is 139 Å². The lowest BCUT2D eigenvalue weighted by atomic mass is 9.33. The summed E-state index contributed by atoms with van der Waals surface area (Å²) in [5.74, 6) is 0. The predicted octanol–water partition coefficient (Wildman–Crippen LogP) is 26.7. The maximum absolute atomic E-state index is 10.3. The van der Waals surface area contributed by atoms with Gasteiger partial charge in [0.05, 0.1) is 38.8 Å². The van der Waals surface area contributed by atoms with Gasteiger partial charge in [0.2, 0.25) is 0 Å². The largest absolute Gasteiger partial charge is 0.311 e. The van der Waals surface area contributed by atoms with Crippen molar-refractivity contribution < 1.29 is 11.0 Å². The van der Waals surface area contributed by atoms with Crippen molar-refractivity contribution in [2.45, 2.75) is 110 Å². The number of anilines is 6. The Balaban J connectivity index is 0.964. The first kappa shape index (κ1) is 59.7. The molecule has 111 heavy (non-hydrogen) atoms. The average Bonchev–Trinajstić information content (AvgIpc) is 1.37. The van der Waals surface area contributed by atoms with Gasteiger partial charge in [0, 0.05) is 55.9 Å². The van der Waals surface area contributed by atoms with E-state index >= 15 is 0 Å². The van der Waals surface area contributed by atoms with Crippen LogP contribution in [-0.2, 0) is 27.1 Å². The Morgan fingerprint density at radius 3 is 1.33 bits per heavy atom. The van der Waals surface area contributed by atoms with Crippen LogP contribution in [0.4, 0.5) is 34.1 Å². The van der Waals surface area contributed by atoms with Crippen molar-refractivity contribution in [3.05, 3.63) is 372 Å². The molecule has 0 radical (unpaired) electrons. The lowest BCUT2D eigenvalue weighted by Gasteiger charge is -2.46. The molecule has 2 aliphatic carbocycles. The number of rotatable bonds is 8. The second kappa shape index (κ2) is 24.9. The van der Waals surface area contributed by atoms with E-state index < -0.39 is 41.7 Å². The summed E-state index contributed by atoms with van der Waals surface area (Å²) in [5.41, 5.74) is 28.2. The summed E-state index contributed by atoms with van der Waals surface area (Å²) < 4.78 is 80.6. The van der Waals surface area contributed by atoms with Crippen molar-refractivity contribution in [2.24, 2.45) is 0 Å². The minimum absolute atomic E-state index is 0.0772. The van der Waals surface area contributed by atoms with Crippen LogP contribution < -0.4 is 26.2 Å². The van der Waals surface area contributed by atoms with E-state index in [4.69, 9.17) is 0 Å². The summed E-state index contributed by atoms with van der Waals surface area (Å²) >= 11 is 0. The Bertz CT molecular complexity index is 6800. The van der Waals surface area contributed by atoms with E-state index in [0.29, 0.717) is 11.1 Å². The maximum Gasteiger partial charge on any atom is 0.252 e.